The van der Waals surface area contributed by atoms with E-state index < -0.39 is 17.7 Å². The van der Waals surface area contributed by atoms with Crippen LogP contribution in [-0.2, 0) is 15.9 Å². The molecule has 0 amide bonds. The zero-order valence-corrected chi connectivity index (χ0v) is 14.9. The second-order valence-corrected chi connectivity index (χ2v) is 6.57. The van der Waals surface area contributed by atoms with Gasteiger partial charge in [0.15, 0.2) is 5.76 Å². The first-order valence-corrected chi connectivity index (χ1v) is 9.01. The molecule has 2 aliphatic rings. The summed E-state index contributed by atoms with van der Waals surface area (Å²) in [5.74, 6) is -0.590. The van der Waals surface area contributed by atoms with E-state index in [2.05, 4.69) is 11.4 Å². The lowest BCUT2D eigenvalue weighted by Crippen LogP contribution is -2.39. The average molecular weight is 375 g/mol. The molecule has 0 saturated carbocycles. The molecule has 1 aliphatic carbocycles. The van der Waals surface area contributed by atoms with Crippen LogP contribution in [0.4, 0.5) is 8.78 Å². The molecule has 0 spiro atoms. The molecule has 0 bridgehead atoms. The number of benzene rings is 1. The lowest BCUT2D eigenvalue weighted by molar-refractivity contribution is 0.154. The highest BCUT2D eigenvalue weighted by molar-refractivity contribution is 5.29. The van der Waals surface area contributed by atoms with Crippen LogP contribution in [0.2, 0.25) is 0 Å². The molecule has 2 N–H and O–H groups in total. The van der Waals surface area contributed by atoms with Gasteiger partial charge in [0, 0.05) is 12.6 Å². The van der Waals surface area contributed by atoms with Crippen LogP contribution in [0.3, 0.4) is 0 Å². The van der Waals surface area contributed by atoms with Gasteiger partial charge in [-0.1, -0.05) is 18.2 Å². The summed E-state index contributed by atoms with van der Waals surface area (Å²) in [5.41, 5.74) is 1.67. The van der Waals surface area contributed by atoms with E-state index in [9.17, 15) is 13.9 Å². The van der Waals surface area contributed by atoms with Crippen LogP contribution in [0.5, 0.6) is 0 Å². The maximum absolute atomic E-state index is 13.3. The van der Waals surface area contributed by atoms with Gasteiger partial charge >= 0.3 is 0 Å². The molecular weight excluding hydrogens is 352 g/mol. The summed E-state index contributed by atoms with van der Waals surface area (Å²) in [6.45, 7) is 0.313. The number of aliphatic hydroxyl groups is 1. The zero-order chi connectivity index (χ0) is 19.1. The minimum atomic E-state index is -0.667. The van der Waals surface area contributed by atoms with Crippen LogP contribution in [0, 0.1) is 11.6 Å². The average Bonchev–Trinajstić information content (AvgIpc) is 2.67. The highest BCUT2D eigenvalue weighted by atomic mass is 19.1. The molecule has 0 aromatic heterocycles. The summed E-state index contributed by atoms with van der Waals surface area (Å²) < 4.78 is 37.3. The topological polar surface area (TPSA) is 50.7 Å². The number of ether oxygens (including phenoxy) is 2. The van der Waals surface area contributed by atoms with Crippen molar-refractivity contribution in [1.29, 1.82) is 0 Å². The Hall–Kier alpha value is -2.44. The molecule has 1 aliphatic heterocycles. The third kappa shape index (κ3) is 5.77. The lowest BCUT2D eigenvalue weighted by atomic mass is 9.96. The van der Waals surface area contributed by atoms with E-state index in [1.807, 2.05) is 12.2 Å². The first-order chi connectivity index (χ1) is 13.1. The summed E-state index contributed by atoms with van der Waals surface area (Å²) in [6, 6.07) is 3.21. The Morgan fingerprint density at radius 2 is 1.96 bits per heavy atom. The molecule has 1 heterocycles. The van der Waals surface area contributed by atoms with Gasteiger partial charge in [0.1, 0.15) is 30.4 Å². The summed E-state index contributed by atoms with van der Waals surface area (Å²) in [5, 5.41) is 13.6. The molecule has 27 heavy (non-hydrogen) atoms. The normalized spacial score (nSPS) is 18.2. The number of hydrogen-bond donors (Lipinski definition) is 2. The highest BCUT2D eigenvalue weighted by Crippen LogP contribution is 2.23. The van der Waals surface area contributed by atoms with Crippen LogP contribution in [0.15, 0.2) is 66.5 Å². The second-order valence-electron chi connectivity index (χ2n) is 6.57. The molecule has 1 aromatic carbocycles. The van der Waals surface area contributed by atoms with Crippen LogP contribution < -0.4 is 5.32 Å². The Labute approximate surface area is 157 Å². The Balaban J connectivity index is 1.56. The van der Waals surface area contributed by atoms with Crippen molar-refractivity contribution < 1.29 is 23.4 Å². The van der Waals surface area contributed by atoms with Crippen LogP contribution in [0.25, 0.3) is 0 Å². The van der Waals surface area contributed by atoms with Gasteiger partial charge in [0.05, 0.1) is 12.1 Å². The van der Waals surface area contributed by atoms with E-state index in [4.69, 9.17) is 9.47 Å². The maximum Gasteiger partial charge on any atom is 0.159 e. The smallest absolute Gasteiger partial charge is 0.159 e. The van der Waals surface area contributed by atoms with Gasteiger partial charge in [0.25, 0.3) is 0 Å². The molecule has 6 heteroatoms. The van der Waals surface area contributed by atoms with Crippen molar-refractivity contribution >= 4 is 0 Å². The van der Waals surface area contributed by atoms with E-state index in [0.717, 1.165) is 24.5 Å². The fraction of sp³-hybridized carbons (Fsp3) is 0.333. The van der Waals surface area contributed by atoms with Gasteiger partial charge < -0.3 is 19.9 Å². The number of halogens is 2. The van der Waals surface area contributed by atoms with Gasteiger partial charge in [0.2, 0.25) is 0 Å². The van der Waals surface area contributed by atoms with Crippen molar-refractivity contribution in [3.8, 4) is 0 Å². The fourth-order valence-corrected chi connectivity index (χ4v) is 3.13. The summed E-state index contributed by atoms with van der Waals surface area (Å²) in [6.07, 6.45) is 12.5. The standard InChI is InChI=1S/C21H23F2NO3/c22-17-10-15(11-18(23)12-17)6-7-19(25)13-24-21(16-4-2-1-3-5-16)20-14-26-8-9-27-20/h1-2,4,8-12,14,19,21,24-25H,3,5-7,13H2. The first-order valence-electron chi connectivity index (χ1n) is 9.01. The van der Waals surface area contributed by atoms with E-state index in [0.29, 0.717) is 30.7 Å². The Bertz CT molecular complexity index is 750. The largest absolute Gasteiger partial charge is 0.466 e. The summed E-state index contributed by atoms with van der Waals surface area (Å²) >= 11 is 0. The monoisotopic (exact) mass is 375 g/mol. The number of nitrogens with one attached hydrogen (secondary N) is 1. The maximum atomic E-state index is 13.3. The Kier molecular flexibility index (Phi) is 6.79. The van der Waals surface area contributed by atoms with Crippen LogP contribution in [0.1, 0.15) is 24.8 Å². The number of aryl methyl sites for hydroxylation is 1. The second kappa shape index (κ2) is 9.48. The molecule has 2 atom stereocenters. The van der Waals surface area contributed by atoms with Gasteiger partial charge in [-0.25, -0.2) is 8.78 Å². The Morgan fingerprint density at radius 3 is 2.63 bits per heavy atom. The summed E-state index contributed by atoms with van der Waals surface area (Å²) in [4.78, 5) is 0. The van der Waals surface area contributed by atoms with Crippen molar-refractivity contribution in [1.82, 2.24) is 5.32 Å². The molecule has 3 rings (SSSR count). The van der Waals surface area contributed by atoms with Crippen molar-refractivity contribution in [3.05, 3.63) is 83.7 Å². The SMILES string of the molecule is OC(CCc1cc(F)cc(F)c1)CNC(C1=CC=CCC1)C1=COC=CO1. The molecule has 0 fully saturated rings. The van der Waals surface area contributed by atoms with Crippen molar-refractivity contribution in [2.24, 2.45) is 0 Å². The highest BCUT2D eigenvalue weighted by Gasteiger charge is 2.23. The minimum absolute atomic E-state index is 0.207. The summed E-state index contributed by atoms with van der Waals surface area (Å²) in [7, 11) is 0. The van der Waals surface area contributed by atoms with E-state index >= 15 is 0 Å². The van der Waals surface area contributed by atoms with Crippen LogP contribution in [-0.4, -0.2) is 23.8 Å². The van der Waals surface area contributed by atoms with Crippen molar-refractivity contribution in [2.45, 2.75) is 37.8 Å². The molecule has 4 nitrogen and oxygen atoms in total. The number of rotatable bonds is 8. The lowest BCUT2D eigenvalue weighted by Gasteiger charge is -2.26. The number of hydrogen-bond acceptors (Lipinski definition) is 4. The van der Waals surface area contributed by atoms with E-state index in [1.165, 1.54) is 24.7 Å². The predicted octanol–water partition coefficient (Wildman–Crippen LogP) is 3.85. The molecular formula is C21H23F2NO3. The molecule has 144 valence electrons. The minimum Gasteiger partial charge on any atom is -0.466 e. The van der Waals surface area contributed by atoms with Gasteiger partial charge in [-0.15, -0.1) is 0 Å². The fourth-order valence-electron chi connectivity index (χ4n) is 3.13. The number of aliphatic hydroxyl groups excluding tert-OH is 1. The van der Waals surface area contributed by atoms with Crippen LogP contribution >= 0.6 is 0 Å². The number of allylic oxidation sites excluding steroid dienone is 3. The first kappa shape index (κ1) is 19.3. The molecule has 0 saturated heterocycles. The van der Waals surface area contributed by atoms with Gasteiger partial charge in [-0.3, -0.25) is 0 Å². The third-order valence-electron chi connectivity index (χ3n) is 4.47. The quantitative estimate of drug-likeness (QED) is 0.725. The van der Waals surface area contributed by atoms with Crippen molar-refractivity contribution in [3.63, 3.8) is 0 Å². The van der Waals surface area contributed by atoms with E-state index in [1.54, 1.807) is 6.26 Å². The molecule has 1 aromatic rings. The third-order valence-corrected chi connectivity index (χ3v) is 4.47. The Morgan fingerprint density at radius 1 is 1.15 bits per heavy atom. The van der Waals surface area contributed by atoms with Gasteiger partial charge in [-0.2, -0.15) is 0 Å². The van der Waals surface area contributed by atoms with Crippen molar-refractivity contribution in [2.75, 3.05) is 6.54 Å². The van der Waals surface area contributed by atoms with E-state index in [-0.39, 0.29) is 6.04 Å². The predicted molar refractivity (Wildman–Crippen MR) is 98.3 cm³/mol. The molecule has 0 radical (unpaired) electrons. The zero-order valence-electron chi connectivity index (χ0n) is 14.9. The van der Waals surface area contributed by atoms with Gasteiger partial charge in [-0.05, 0) is 49.0 Å². The molecule has 2 unspecified atom stereocenters.